The summed E-state index contributed by atoms with van der Waals surface area (Å²) in [6.45, 7) is 10.5. The van der Waals surface area contributed by atoms with Crippen molar-refractivity contribution < 1.29 is 4.74 Å². The third-order valence-electron chi connectivity index (χ3n) is 4.50. The van der Waals surface area contributed by atoms with Crippen LogP contribution in [0.25, 0.3) is 10.9 Å². The lowest BCUT2D eigenvalue weighted by atomic mass is 10.1. The first-order chi connectivity index (χ1) is 11.0. The number of pyridine rings is 1. The lowest BCUT2D eigenvalue weighted by molar-refractivity contribution is -0.0670. The van der Waals surface area contributed by atoms with Crippen molar-refractivity contribution in [2.24, 2.45) is 0 Å². The van der Waals surface area contributed by atoms with Gasteiger partial charge in [-0.15, -0.1) is 0 Å². The molecule has 1 aromatic carbocycles. The number of nitrogens with zero attached hydrogens (tertiary/aromatic N) is 3. The lowest BCUT2D eigenvalue weighted by Gasteiger charge is -2.36. The van der Waals surface area contributed by atoms with Crippen LogP contribution < -0.4 is 4.90 Å². The Labute approximate surface area is 139 Å². The van der Waals surface area contributed by atoms with E-state index in [-0.39, 0.29) is 0 Å². The average Bonchev–Trinajstić information content (AvgIpc) is 2.51. The predicted octanol–water partition coefficient (Wildman–Crippen LogP) is 3.09. The number of para-hydroxylation sites is 1. The number of aryl methyl sites for hydroxylation is 1. The van der Waals surface area contributed by atoms with E-state index < -0.39 is 0 Å². The quantitative estimate of drug-likeness (QED) is 0.867. The van der Waals surface area contributed by atoms with Gasteiger partial charge >= 0.3 is 0 Å². The summed E-state index contributed by atoms with van der Waals surface area (Å²) in [7, 11) is 2.14. The third kappa shape index (κ3) is 3.82. The van der Waals surface area contributed by atoms with Gasteiger partial charge in [0.1, 0.15) is 5.82 Å². The fourth-order valence-corrected chi connectivity index (χ4v) is 3.46. The molecule has 2 atom stereocenters. The van der Waals surface area contributed by atoms with Gasteiger partial charge in [-0.05, 0) is 38.5 Å². The van der Waals surface area contributed by atoms with Crippen molar-refractivity contribution in [3.63, 3.8) is 0 Å². The van der Waals surface area contributed by atoms with Crippen LogP contribution in [0.5, 0.6) is 0 Å². The van der Waals surface area contributed by atoms with Crippen molar-refractivity contribution in [2.45, 2.75) is 33.0 Å². The molecular weight excluding hydrogens is 286 g/mol. The highest BCUT2D eigenvalue weighted by molar-refractivity contribution is 5.81. The van der Waals surface area contributed by atoms with Crippen LogP contribution in [0.4, 0.5) is 5.82 Å². The Kier molecular flexibility index (Phi) is 4.83. The van der Waals surface area contributed by atoms with Crippen molar-refractivity contribution >= 4 is 16.7 Å². The highest BCUT2D eigenvalue weighted by atomic mass is 16.5. The summed E-state index contributed by atoms with van der Waals surface area (Å²) in [6.07, 6.45) is 0.647. The van der Waals surface area contributed by atoms with Gasteiger partial charge in [-0.25, -0.2) is 4.98 Å². The highest BCUT2D eigenvalue weighted by Gasteiger charge is 2.22. The molecule has 4 heteroatoms. The first kappa shape index (κ1) is 16.2. The van der Waals surface area contributed by atoms with E-state index >= 15 is 0 Å². The van der Waals surface area contributed by atoms with E-state index in [1.807, 2.05) is 6.07 Å². The Morgan fingerprint density at radius 2 is 1.91 bits per heavy atom. The van der Waals surface area contributed by atoms with Crippen LogP contribution in [-0.2, 0) is 4.74 Å². The van der Waals surface area contributed by atoms with E-state index in [4.69, 9.17) is 9.72 Å². The number of hydrogen-bond donors (Lipinski definition) is 0. The maximum absolute atomic E-state index is 5.81. The number of hydrogen-bond acceptors (Lipinski definition) is 4. The predicted molar refractivity (Wildman–Crippen MR) is 96.2 cm³/mol. The van der Waals surface area contributed by atoms with Crippen molar-refractivity contribution in [3.8, 4) is 0 Å². The fourth-order valence-electron chi connectivity index (χ4n) is 3.46. The van der Waals surface area contributed by atoms with Crippen LogP contribution in [0.1, 0.15) is 19.4 Å². The molecule has 3 rings (SSSR count). The number of benzene rings is 1. The lowest BCUT2D eigenvalue weighted by Crippen LogP contribution is -2.47. The zero-order chi connectivity index (χ0) is 16.4. The van der Waals surface area contributed by atoms with E-state index in [9.17, 15) is 0 Å². The molecule has 124 valence electrons. The minimum atomic E-state index is 0.324. The van der Waals surface area contributed by atoms with Crippen LogP contribution in [0.2, 0.25) is 0 Å². The van der Waals surface area contributed by atoms with Gasteiger partial charge in [0, 0.05) is 38.6 Å². The second-order valence-electron chi connectivity index (χ2n) is 6.76. The van der Waals surface area contributed by atoms with Crippen LogP contribution >= 0.6 is 0 Å². The summed E-state index contributed by atoms with van der Waals surface area (Å²) in [5, 5.41) is 1.21. The molecule has 0 saturated carbocycles. The van der Waals surface area contributed by atoms with E-state index in [0.717, 1.165) is 37.5 Å². The Bertz CT molecular complexity index is 663. The van der Waals surface area contributed by atoms with E-state index in [2.05, 4.69) is 61.9 Å². The summed E-state index contributed by atoms with van der Waals surface area (Å²) in [4.78, 5) is 9.61. The molecule has 4 nitrogen and oxygen atoms in total. The van der Waals surface area contributed by atoms with Crippen LogP contribution in [0, 0.1) is 6.92 Å². The van der Waals surface area contributed by atoms with Gasteiger partial charge in [0.2, 0.25) is 0 Å². The molecule has 0 aliphatic carbocycles. The molecule has 2 heterocycles. The normalized spacial score (nSPS) is 22.4. The first-order valence-corrected chi connectivity index (χ1v) is 8.48. The summed E-state index contributed by atoms with van der Waals surface area (Å²) in [5.74, 6) is 1.08. The van der Waals surface area contributed by atoms with Gasteiger partial charge < -0.3 is 9.64 Å². The maximum atomic E-state index is 5.81. The molecule has 0 N–H and O–H groups in total. The molecule has 0 spiro atoms. The molecule has 23 heavy (non-hydrogen) atoms. The minimum Gasteiger partial charge on any atom is -0.373 e. The van der Waals surface area contributed by atoms with Crippen LogP contribution in [-0.4, -0.2) is 55.3 Å². The van der Waals surface area contributed by atoms with Gasteiger partial charge in [-0.1, -0.05) is 18.2 Å². The van der Waals surface area contributed by atoms with Crippen molar-refractivity contribution in [2.75, 3.05) is 38.1 Å². The molecule has 2 aromatic rings. The van der Waals surface area contributed by atoms with Crippen molar-refractivity contribution in [1.29, 1.82) is 0 Å². The number of morpholine rings is 1. The standard InChI is InChI=1S/C19H27N3O/c1-14-11-17-7-5-6-8-18(17)20-19(14)21(4)9-10-22-12-15(2)23-16(3)13-22/h5-8,11,15-16H,9-10,12-13H2,1-4H3/t15-,16+. The second kappa shape index (κ2) is 6.85. The van der Waals surface area contributed by atoms with Gasteiger partial charge in [0.25, 0.3) is 0 Å². The SMILES string of the molecule is Cc1cc2ccccc2nc1N(C)CCN1C[C@@H](C)O[C@@H](C)C1. The van der Waals surface area contributed by atoms with Crippen LogP contribution in [0.3, 0.4) is 0 Å². The summed E-state index contributed by atoms with van der Waals surface area (Å²) >= 11 is 0. The highest BCUT2D eigenvalue weighted by Crippen LogP contribution is 2.22. The largest absolute Gasteiger partial charge is 0.373 e. The number of aromatic nitrogens is 1. The number of ether oxygens (including phenoxy) is 1. The average molecular weight is 313 g/mol. The fraction of sp³-hybridized carbons (Fsp3) is 0.526. The topological polar surface area (TPSA) is 28.6 Å². The summed E-state index contributed by atoms with van der Waals surface area (Å²) < 4.78 is 5.81. The van der Waals surface area contributed by atoms with E-state index in [1.54, 1.807) is 0 Å². The molecule has 1 aromatic heterocycles. The molecule has 0 radical (unpaired) electrons. The zero-order valence-corrected chi connectivity index (χ0v) is 14.6. The van der Waals surface area contributed by atoms with Crippen molar-refractivity contribution in [1.82, 2.24) is 9.88 Å². The first-order valence-electron chi connectivity index (χ1n) is 8.48. The molecular formula is C19H27N3O. The van der Waals surface area contributed by atoms with Gasteiger partial charge in [-0.3, -0.25) is 4.90 Å². The Morgan fingerprint density at radius 1 is 1.22 bits per heavy atom. The molecule has 0 bridgehead atoms. The number of fused-ring (bicyclic) bond motifs is 1. The molecule has 0 amide bonds. The monoisotopic (exact) mass is 313 g/mol. The Hall–Kier alpha value is -1.65. The zero-order valence-electron chi connectivity index (χ0n) is 14.6. The molecule has 1 fully saturated rings. The van der Waals surface area contributed by atoms with Crippen molar-refractivity contribution in [3.05, 3.63) is 35.9 Å². The Morgan fingerprint density at radius 3 is 2.65 bits per heavy atom. The number of rotatable bonds is 4. The molecule has 1 saturated heterocycles. The number of anilines is 1. The van der Waals surface area contributed by atoms with Crippen LogP contribution in [0.15, 0.2) is 30.3 Å². The van der Waals surface area contributed by atoms with E-state index in [1.165, 1.54) is 10.9 Å². The van der Waals surface area contributed by atoms with Gasteiger partial charge in [0.05, 0.1) is 17.7 Å². The number of likely N-dealkylation sites (N-methyl/N-ethyl adjacent to an activating group) is 1. The third-order valence-corrected chi connectivity index (χ3v) is 4.50. The second-order valence-corrected chi connectivity index (χ2v) is 6.76. The summed E-state index contributed by atoms with van der Waals surface area (Å²) in [5.41, 5.74) is 2.29. The summed E-state index contributed by atoms with van der Waals surface area (Å²) in [6, 6.07) is 10.5. The van der Waals surface area contributed by atoms with Gasteiger partial charge in [-0.2, -0.15) is 0 Å². The van der Waals surface area contributed by atoms with Gasteiger partial charge in [0.15, 0.2) is 0 Å². The van der Waals surface area contributed by atoms with E-state index in [0.29, 0.717) is 12.2 Å². The minimum absolute atomic E-state index is 0.324. The Balaban J connectivity index is 1.68. The molecule has 1 aliphatic rings. The smallest absolute Gasteiger partial charge is 0.131 e. The molecule has 1 aliphatic heterocycles. The maximum Gasteiger partial charge on any atom is 0.131 e. The molecule has 0 unspecified atom stereocenters.